The molecule has 0 unspecified atom stereocenters. The van der Waals surface area contributed by atoms with Crippen molar-refractivity contribution in [3.8, 4) is 11.5 Å². The molecule has 3 aromatic heterocycles. The maximum absolute atomic E-state index is 13.1. The second-order valence-corrected chi connectivity index (χ2v) is 11.9. The first-order chi connectivity index (χ1) is 20.5. The van der Waals surface area contributed by atoms with Crippen molar-refractivity contribution in [2.24, 2.45) is 7.05 Å². The van der Waals surface area contributed by atoms with Crippen molar-refractivity contribution in [3.63, 3.8) is 0 Å². The van der Waals surface area contributed by atoms with E-state index >= 15 is 0 Å². The number of aromatic nitrogens is 4. The number of ether oxygens (including phenoxy) is 2. The third-order valence-corrected chi connectivity index (χ3v) is 5.63. The van der Waals surface area contributed by atoms with E-state index in [1.807, 2.05) is 0 Å². The van der Waals surface area contributed by atoms with Crippen molar-refractivity contribution in [2.75, 3.05) is 23.3 Å². The Balaban J connectivity index is 1.70. The van der Waals surface area contributed by atoms with Crippen LogP contribution in [0.3, 0.4) is 0 Å². The Bertz CT molecular complexity index is 1480. The Kier molecular flexibility index (Phi) is 10.7. The molecule has 0 aliphatic heterocycles. The number of oxazole rings is 1. The molecule has 0 aliphatic carbocycles. The molecule has 0 bridgehead atoms. The summed E-state index contributed by atoms with van der Waals surface area (Å²) in [6.07, 6.45) is 4.87. The Hall–Kier alpha value is -4.95. The number of carboxylic acid groups (broad SMARTS) is 1. The van der Waals surface area contributed by atoms with E-state index in [0.29, 0.717) is 31.4 Å². The average Bonchev–Trinajstić information content (AvgIpc) is 3.53. The predicted molar refractivity (Wildman–Crippen MR) is 160 cm³/mol. The molecule has 3 N–H and O–H groups in total. The van der Waals surface area contributed by atoms with Crippen LogP contribution in [0, 0.1) is 0 Å². The largest absolute Gasteiger partial charge is 0.476 e. The molecule has 0 atom stereocenters. The van der Waals surface area contributed by atoms with Gasteiger partial charge in [-0.15, -0.1) is 0 Å². The Morgan fingerprint density at radius 1 is 1.05 bits per heavy atom. The van der Waals surface area contributed by atoms with Gasteiger partial charge >= 0.3 is 18.2 Å². The van der Waals surface area contributed by atoms with Gasteiger partial charge in [-0.25, -0.2) is 24.4 Å². The van der Waals surface area contributed by atoms with Crippen molar-refractivity contribution >= 4 is 35.6 Å². The van der Waals surface area contributed by atoms with E-state index in [-0.39, 0.29) is 35.3 Å². The predicted octanol–water partition coefficient (Wildman–Crippen LogP) is 4.86. The van der Waals surface area contributed by atoms with Crippen LogP contribution in [0.1, 0.15) is 81.8 Å². The molecule has 15 heteroatoms. The zero-order valence-corrected chi connectivity index (χ0v) is 26.0. The van der Waals surface area contributed by atoms with E-state index in [1.54, 1.807) is 53.7 Å². The number of pyridine rings is 1. The summed E-state index contributed by atoms with van der Waals surface area (Å²) in [6, 6.07) is 3.20. The molecule has 44 heavy (non-hydrogen) atoms. The highest BCUT2D eigenvalue weighted by molar-refractivity contribution is 6.06. The highest BCUT2D eigenvalue weighted by Gasteiger charge is 2.25. The Morgan fingerprint density at radius 3 is 2.41 bits per heavy atom. The quantitative estimate of drug-likeness (QED) is 0.250. The van der Waals surface area contributed by atoms with Crippen LogP contribution < -0.4 is 15.5 Å². The van der Waals surface area contributed by atoms with Crippen LogP contribution in [-0.4, -0.2) is 73.2 Å². The number of unbranched alkanes of at least 4 members (excludes halogenated alkanes) is 2. The van der Waals surface area contributed by atoms with Gasteiger partial charge in [-0.05, 0) is 72.9 Å². The lowest BCUT2D eigenvalue weighted by molar-refractivity contribution is 0.0525. The van der Waals surface area contributed by atoms with Crippen LogP contribution >= 0.6 is 0 Å². The second-order valence-electron chi connectivity index (χ2n) is 11.9. The highest BCUT2D eigenvalue weighted by Crippen LogP contribution is 2.25. The highest BCUT2D eigenvalue weighted by atomic mass is 16.6. The molecule has 238 valence electrons. The lowest BCUT2D eigenvalue weighted by Crippen LogP contribution is -2.38. The number of alkyl carbamates (subject to hydrolysis) is 1. The number of hydrogen-bond acceptors (Lipinski definition) is 10. The Labute approximate surface area is 254 Å². The number of anilines is 2. The number of nitrogens with one attached hydrogen (secondary N) is 2. The van der Waals surface area contributed by atoms with Crippen molar-refractivity contribution in [1.29, 1.82) is 0 Å². The lowest BCUT2D eigenvalue weighted by Gasteiger charge is -2.27. The summed E-state index contributed by atoms with van der Waals surface area (Å²) in [5.74, 6) is -1.62. The van der Waals surface area contributed by atoms with Crippen LogP contribution in [0.5, 0.6) is 0 Å². The third-order valence-electron chi connectivity index (χ3n) is 5.63. The van der Waals surface area contributed by atoms with E-state index in [4.69, 9.17) is 13.9 Å². The molecule has 0 saturated carbocycles. The minimum Gasteiger partial charge on any atom is -0.476 e. The minimum atomic E-state index is -1.29. The smallest absolute Gasteiger partial charge is 0.416 e. The van der Waals surface area contributed by atoms with Crippen LogP contribution in [0.25, 0.3) is 11.5 Å². The van der Waals surface area contributed by atoms with Gasteiger partial charge in [0, 0.05) is 38.1 Å². The van der Waals surface area contributed by atoms with Gasteiger partial charge in [0.2, 0.25) is 5.89 Å². The number of carboxylic acids is 1. The lowest BCUT2D eigenvalue weighted by atomic mass is 10.2. The zero-order chi connectivity index (χ0) is 32.7. The zero-order valence-electron chi connectivity index (χ0n) is 26.0. The van der Waals surface area contributed by atoms with Crippen LogP contribution in [0.2, 0.25) is 0 Å². The number of rotatable bonds is 11. The molecule has 3 rings (SSSR count). The number of amides is 3. The van der Waals surface area contributed by atoms with Gasteiger partial charge in [0.1, 0.15) is 23.3 Å². The van der Waals surface area contributed by atoms with Crippen LogP contribution in [-0.2, 0) is 16.5 Å². The summed E-state index contributed by atoms with van der Waals surface area (Å²) in [4.78, 5) is 59.1. The van der Waals surface area contributed by atoms with Crippen molar-refractivity contribution in [1.82, 2.24) is 25.1 Å². The third kappa shape index (κ3) is 10.1. The number of nitrogens with zero attached hydrogens (tertiary/aromatic N) is 5. The van der Waals surface area contributed by atoms with Crippen molar-refractivity contribution in [2.45, 2.75) is 72.0 Å². The molecule has 0 aliphatic rings. The monoisotopic (exact) mass is 613 g/mol. The minimum absolute atomic E-state index is 0.00868. The number of carbonyl (C=O) groups excluding carboxylic acids is 3. The second kappa shape index (κ2) is 14.0. The topological polar surface area (TPSA) is 191 Å². The number of carbonyl (C=O) groups is 4. The number of hydrogen-bond donors (Lipinski definition) is 3. The first-order valence-corrected chi connectivity index (χ1v) is 14.0. The molecular weight excluding hydrogens is 574 g/mol. The van der Waals surface area contributed by atoms with Gasteiger partial charge in [-0.3, -0.25) is 14.4 Å². The van der Waals surface area contributed by atoms with Gasteiger partial charge in [-0.1, -0.05) is 0 Å². The van der Waals surface area contributed by atoms with Crippen LogP contribution in [0.15, 0.2) is 35.2 Å². The maximum Gasteiger partial charge on any atom is 0.416 e. The van der Waals surface area contributed by atoms with Crippen molar-refractivity contribution < 1.29 is 38.2 Å². The van der Waals surface area contributed by atoms with Crippen LogP contribution in [0.4, 0.5) is 21.1 Å². The molecular formula is C29H39N7O8. The number of aromatic carboxylic acids is 1. The molecule has 0 saturated heterocycles. The summed E-state index contributed by atoms with van der Waals surface area (Å²) in [6.45, 7) is 11.4. The SMILES string of the molecule is Cn1cc(NC(=O)c2coc(-c3ccnc(N(CCCCCNC(=O)OC(C)(C)C)C(=O)OC(C)(C)C)c3)n2)c(C(=O)O)n1. The molecule has 3 heterocycles. The van der Waals surface area contributed by atoms with E-state index in [2.05, 4.69) is 25.7 Å². The Morgan fingerprint density at radius 2 is 1.75 bits per heavy atom. The van der Waals surface area contributed by atoms with Gasteiger partial charge in [0.15, 0.2) is 11.4 Å². The fraction of sp³-hybridized carbons (Fsp3) is 0.483. The first-order valence-electron chi connectivity index (χ1n) is 14.0. The molecule has 0 radical (unpaired) electrons. The standard InChI is InChI=1S/C29H39N7O8/c1-28(2,3)43-26(40)31-12-9-8-10-14-36(27(41)44-29(4,5)6)21-15-18(11-13-30-21)24-33-20(17-42-24)23(37)32-19-16-35(7)34-22(19)25(38)39/h11,13,15-17H,8-10,12,14H2,1-7H3,(H,31,40)(H,32,37)(H,38,39). The molecule has 0 fully saturated rings. The summed E-state index contributed by atoms with van der Waals surface area (Å²) in [5.41, 5.74) is -1.28. The van der Waals surface area contributed by atoms with Gasteiger partial charge in [-0.2, -0.15) is 5.10 Å². The molecule has 15 nitrogen and oxygen atoms in total. The summed E-state index contributed by atoms with van der Waals surface area (Å²) < 4.78 is 17.6. The maximum atomic E-state index is 13.1. The summed E-state index contributed by atoms with van der Waals surface area (Å²) in [5, 5.41) is 18.3. The van der Waals surface area contributed by atoms with Gasteiger partial charge < -0.3 is 29.6 Å². The fourth-order valence-corrected chi connectivity index (χ4v) is 3.83. The van der Waals surface area contributed by atoms with Gasteiger partial charge in [0.05, 0.1) is 5.69 Å². The first kappa shape index (κ1) is 33.6. The van der Waals surface area contributed by atoms with Crippen molar-refractivity contribution in [3.05, 3.63) is 42.2 Å². The van der Waals surface area contributed by atoms with E-state index in [9.17, 15) is 24.3 Å². The summed E-state index contributed by atoms with van der Waals surface area (Å²) in [7, 11) is 1.53. The van der Waals surface area contributed by atoms with E-state index < -0.39 is 35.3 Å². The summed E-state index contributed by atoms with van der Waals surface area (Å²) >= 11 is 0. The number of aryl methyl sites for hydroxylation is 1. The molecule has 3 aromatic rings. The average molecular weight is 614 g/mol. The molecule has 3 amide bonds. The molecule has 0 aromatic carbocycles. The normalized spacial score (nSPS) is 11.5. The molecule has 0 spiro atoms. The van der Waals surface area contributed by atoms with Gasteiger partial charge in [0.25, 0.3) is 5.91 Å². The van der Waals surface area contributed by atoms with E-state index in [0.717, 1.165) is 6.26 Å². The fourth-order valence-electron chi connectivity index (χ4n) is 3.83. The van der Waals surface area contributed by atoms with E-state index in [1.165, 1.54) is 29.0 Å².